The first-order valence-electron chi connectivity index (χ1n) is 3.05. The van der Waals surface area contributed by atoms with Crippen molar-refractivity contribution >= 4 is 0 Å². The smallest absolute Gasteiger partial charge is 0.0128 e. The Morgan fingerprint density at radius 2 is 2.57 bits per heavy atom. The van der Waals surface area contributed by atoms with Crippen LogP contribution in [0.3, 0.4) is 0 Å². The summed E-state index contributed by atoms with van der Waals surface area (Å²) in [6.45, 7) is 3.64. The summed E-state index contributed by atoms with van der Waals surface area (Å²) < 4.78 is 0. The van der Waals surface area contributed by atoms with E-state index < -0.39 is 0 Å². The van der Waals surface area contributed by atoms with Gasteiger partial charge in [-0.05, 0) is 24.8 Å². The van der Waals surface area contributed by atoms with Crippen LogP contribution in [0.4, 0.5) is 0 Å². The number of rotatable bonds is 0. The van der Waals surface area contributed by atoms with Crippen LogP contribution in [0.1, 0.15) is 19.8 Å². The second-order valence-electron chi connectivity index (χ2n) is 3.11. The predicted octanol–water partition coefficient (Wildman–Crippen LogP) is 0.758. The highest BCUT2D eigenvalue weighted by Crippen LogP contribution is 2.51. The monoisotopic (exact) mass is 97.1 g/mol. The molecule has 0 aromatic rings. The Morgan fingerprint density at radius 1 is 1.71 bits per heavy atom. The van der Waals surface area contributed by atoms with Gasteiger partial charge in [-0.1, -0.05) is 6.92 Å². The van der Waals surface area contributed by atoms with E-state index in [1.807, 2.05) is 0 Å². The van der Waals surface area contributed by atoms with E-state index in [4.69, 9.17) is 0 Å². The van der Waals surface area contributed by atoms with Crippen LogP contribution in [0.2, 0.25) is 0 Å². The molecule has 2 aliphatic rings. The van der Waals surface area contributed by atoms with Gasteiger partial charge in [0.15, 0.2) is 0 Å². The molecular weight excluding hydrogens is 86.1 g/mol. The first-order chi connectivity index (χ1) is 3.31. The van der Waals surface area contributed by atoms with Gasteiger partial charge in [-0.15, -0.1) is 0 Å². The van der Waals surface area contributed by atoms with Gasteiger partial charge in [0.05, 0.1) is 0 Å². The first-order valence-corrected chi connectivity index (χ1v) is 3.05. The molecule has 0 unspecified atom stereocenters. The summed E-state index contributed by atoms with van der Waals surface area (Å²) in [4.78, 5) is 0. The minimum Gasteiger partial charge on any atom is -0.313 e. The standard InChI is InChI=1S/C6H11N/c1-6-2-3-7-5(6)4-6/h5,7H,2-4H2,1H3/t5-,6+/m1/s1. The van der Waals surface area contributed by atoms with Crippen LogP contribution in [-0.4, -0.2) is 12.6 Å². The zero-order valence-corrected chi connectivity index (χ0v) is 4.70. The number of hydrogen-bond acceptors (Lipinski definition) is 1. The maximum Gasteiger partial charge on any atom is 0.0128 e. The summed E-state index contributed by atoms with van der Waals surface area (Å²) in [5.74, 6) is 0. The Balaban J connectivity index is 2.17. The third kappa shape index (κ3) is 0.367. The van der Waals surface area contributed by atoms with Gasteiger partial charge in [0.2, 0.25) is 0 Å². The molecule has 2 rings (SSSR count). The zero-order chi connectivity index (χ0) is 4.91. The number of fused-ring (bicyclic) bond motifs is 1. The van der Waals surface area contributed by atoms with Crippen LogP contribution in [0.5, 0.6) is 0 Å². The van der Waals surface area contributed by atoms with Gasteiger partial charge in [0, 0.05) is 6.04 Å². The minimum atomic E-state index is 0.750. The van der Waals surface area contributed by atoms with Crippen LogP contribution in [-0.2, 0) is 0 Å². The summed E-state index contributed by atoms with van der Waals surface area (Å²) >= 11 is 0. The van der Waals surface area contributed by atoms with Crippen LogP contribution < -0.4 is 5.32 Å². The third-order valence-electron chi connectivity index (χ3n) is 2.44. The van der Waals surface area contributed by atoms with Gasteiger partial charge in [-0.2, -0.15) is 0 Å². The zero-order valence-electron chi connectivity index (χ0n) is 4.70. The molecule has 0 spiro atoms. The van der Waals surface area contributed by atoms with E-state index in [2.05, 4.69) is 12.2 Å². The van der Waals surface area contributed by atoms with Crippen molar-refractivity contribution in [1.82, 2.24) is 5.32 Å². The van der Waals surface area contributed by atoms with E-state index in [1.54, 1.807) is 0 Å². The molecule has 1 nitrogen and oxygen atoms in total. The van der Waals surface area contributed by atoms with Crippen LogP contribution >= 0.6 is 0 Å². The van der Waals surface area contributed by atoms with Crippen molar-refractivity contribution in [3.8, 4) is 0 Å². The Bertz CT molecular complexity index is 98.4. The fraction of sp³-hybridized carbons (Fsp3) is 1.00. The van der Waals surface area contributed by atoms with E-state index in [0.29, 0.717) is 0 Å². The molecule has 2 fully saturated rings. The molecular formula is C6H11N. The second-order valence-corrected chi connectivity index (χ2v) is 3.11. The lowest BCUT2D eigenvalue weighted by molar-refractivity contribution is 0.575. The van der Waals surface area contributed by atoms with Crippen molar-refractivity contribution in [3.63, 3.8) is 0 Å². The molecule has 2 atom stereocenters. The summed E-state index contributed by atoms with van der Waals surface area (Å²) in [5, 5.41) is 3.43. The third-order valence-corrected chi connectivity index (χ3v) is 2.44. The Morgan fingerprint density at radius 3 is 2.71 bits per heavy atom. The topological polar surface area (TPSA) is 12.0 Å². The molecule has 0 bridgehead atoms. The van der Waals surface area contributed by atoms with Crippen molar-refractivity contribution in [2.24, 2.45) is 5.41 Å². The van der Waals surface area contributed by atoms with Gasteiger partial charge in [0.1, 0.15) is 0 Å². The molecule has 1 aliphatic carbocycles. The molecule has 1 saturated heterocycles. The molecule has 0 aromatic carbocycles. The lowest BCUT2D eigenvalue weighted by Gasteiger charge is -1.95. The van der Waals surface area contributed by atoms with Crippen LogP contribution in [0, 0.1) is 5.41 Å². The van der Waals surface area contributed by atoms with Crippen molar-refractivity contribution in [3.05, 3.63) is 0 Å². The number of hydrogen-bond donors (Lipinski definition) is 1. The minimum absolute atomic E-state index is 0.750. The molecule has 0 radical (unpaired) electrons. The van der Waals surface area contributed by atoms with E-state index in [-0.39, 0.29) is 0 Å². The highest BCUT2D eigenvalue weighted by atomic mass is 15.0. The average molecular weight is 97.2 g/mol. The molecule has 1 aliphatic heterocycles. The molecule has 1 saturated carbocycles. The van der Waals surface area contributed by atoms with Crippen molar-refractivity contribution in [2.45, 2.75) is 25.8 Å². The first kappa shape index (κ1) is 3.90. The fourth-order valence-electron chi connectivity index (χ4n) is 1.53. The quantitative estimate of drug-likeness (QED) is 0.470. The van der Waals surface area contributed by atoms with Gasteiger partial charge < -0.3 is 5.32 Å². The van der Waals surface area contributed by atoms with Crippen LogP contribution in [0.15, 0.2) is 0 Å². The maximum atomic E-state index is 3.43. The van der Waals surface area contributed by atoms with Crippen molar-refractivity contribution in [1.29, 1.82) is 0 Å². The summed E-state index contributed by atoms with van der Waals surface area (Å²) in [6.07, 6.45) is 2.85. The van der Waals surface area contributed by atoms with Gasteiger partial charge in [-0.3, -0.25) is 0 Å². The molecule has 0 aromatic heterocycles. The largest absolute Gasteiger partial charge is 0.313 e. The predicted molar refractivity (Wildman–Crippen MR) is 29.1 cm³/mol. The molecule has 1 heterocycles. The summed E-state index contributed by atoms with van der Waals surface area (Å²) in [6, 6.07) is 0.910. The number of nitrogens with one attached hydrogen (secondary N) is 1. The summed E-state index contributed by atoms with van der Waals surface area (Å²) in [5.41, 5.74) is 0.750. The molecule has 40 valence electrons. The second kappa shape index (κ2) is 0.873. The average Bonchev–Trinajstić information content (AvgIpc) is 2.09. The van der Waals surface area contributed by atoms with Gasteiger partial charge in [-0.25, -0.2) is 0 Å². The van der Waals surface area contributed by atoms with E-state index >= 15 is 0 Å². The molecule has 7 heavy (non-hydrogen) atoms. The van der Waals surface area contributed by atoms with Crippen molar-refractivity contribution < 1.29 is 0 Å². The normalized spacial score (nSPS) is 57.0. The fourth-order valence-corrected chi connectivity index (χ4v) is 1.53. The van der Waals surface area contributed by atoms with E-state index in [1.165, 1.54) is 19.4 Å². The highest BCUT2D eigenvalue weighted by Gasteiger charge is 2.52. The molecule has 1 N–H and O–H groups in total. The van der Waals surface area contributed by atoms with Gasteiger partial charge in [0.25, 0.3) is 0 Å². The highest BCUT2D eigenvalue weighted by molar-refractivity contribution is 5.09. The maximum absolute atomic E-state index is 3.43. The Labute approximate surface area is 44.1 Å². The summed E-state index contributed by atoms with van der Waals surface area (Å²) in [7, 11) is 0. The molecule has 1 heteroatoms. The van der Waals surface area contributed by atoms with Crippen molar-refractivity contribution in [2.75, 3.05) is 6.54 Å². The lowest BCUT2D eigenvalue weighted by atomic mass is 10.1. The SMILES string of the molecule is C[C@@]12CCN[C@@H]1C2. The number of piperidine rings is 1. The molecule has 0 amide bonds. The van der Waals surface area contributed by atoms with Gasteiger partial charge >= 0.3 is 0 Å². The lowest BCUT2D eigenvalue weighted by Crippen LogP contribution is -2.10. The Hall–Kier alpha value is -0.0400. The van der Waals surface area contributed by atoms with E-state index in [0.717, 1.165) is 11.5 Å². The Kier molecular flexibility index (Phi) is 0.487. The van der Waals surface area contributed by atoms with Crippen LogP contribution in [0.25, 0.3) is 0 Å². The van der Waals surface area contributed by atoms with E-state index in [9.17, 15) is 0 Å².